The van der Waals surface area contributed by atoms with E-state index in [0.29, 0.717) is 5.56 Å². The minimum absolute atomic E-state index is 0.0584. The average Bonchev–Trinajstić information content (AvgIpc) is 3.09. The van der Waals surface area contributed by atoms with Gasteiger partial charge in [-0.2, -0.15) is 0 Å². The number of hydrogen-bond donors (Lipinski definition) is 1. The number of ketones is 1. The van der Waals surface area contributed by atoms with Crippen LogP contribution in [0.1, 0.15) is 22.7 Å². The van der Waals surface area contributed by atoms with Crippen molar-refractivity contribution in [2.24, 2.45) is 0 Å². The van der Waals surface area contributed by atoms with E-state index in [9.17, 15) is 24.8 Å². The highest BCUT2D eigenvalue weighted by atomic mass is 16.6. The quantitative estimate of drug-likeness (QED) is 0.324. The Bertz CT molecular complexity index is 1250. The van der Waals surface area contributed by atoms with Gasteiger partial charge >= 0.3 is 0 Å². The summed E-state index contributed by atoms with van der Waals surface area (Å²) < 4.78 is 0. The molecule has 3 aromatic carbocycles. The van der Waals surface area contributed by atoms with Crippen LogP contribution in [0.2, 0.25) is 0 Å². The highest BCUT2D eigenvalue weighted by Gasteiger charge is 2.42. The van der Waals surface area contributed by atoms with Crippen LogP contribution in [-0.2, 0) is 16.1 Å². The number of allylic oxidation sites excluding steroid dienone is 1. The molecule has 3 aromatic rings. The lowest BCUT2D eigenvalue weighted by Gasteiger charge is -2.26. The Morgan fingerprint density at radius 1 is 0.970 bits per heavy atom. The number of hydrogen-bond acceptors (Lipinski definition) is 5. The number of benzene rings is 3. The first-order chi connectivity index (χ1) is 16.0. The fourth-order valence-corrected chi connectivity index (χ4v) is 3.80. The molecular weight excluding hydrogens is 420 g/mol. The topological polar surface area (TPSA) is 101 Å². The molecule has 0 aliphatic carbocycles. The second-order valence-corrected chi connectivity index (χ2v) is 7.54. The number of rotatable bonds is 7. The van der Waals surface area contributed by atoms with Crippen LogP contribution < -0.4 is 0 Å². The van der Waals surface area contributed by atoms with Gasteiger partial charge in [-0.1, -0.05) is 66.7 Å². The average molecular weight is 440 g/mol. The van der Waals surface area contributed by atoms with E-state index in [1.807, 2.05) is 60.7 Å². The van der Waals surface area contributed by atoms with Crippen LogP contribution in [0.3, 0.4) is 0 Å². The molecule has 1 aliphatic heterocycles. The second-order valence-electron chi connectivity index (χ2n) is 7.54. The van der Waals surface area contributed by atoms with Gasteiger partial charge in [0.15, 0.2) is 11.5 Å². The predicted octanol–water partition coefficient (Wildman–Crippen LogP) is 4.77. The second kappa shape index (κ2) is 9.32. The van der Waals surface area contributed by atoms with Crippen LogP contribution in [0.25, 0.3) is 6.08 Å². The zero-order valence-corrected chi connectivity index (χ0v) is 17.5. The Balaban J connectivity index is 1.73. The Hall–Kier alpha value is -4.52. The molecule has 1 heterocycles. The van der Waals surface area contributed by atoms with Crippen molar-refractivity contribution in [2.75, 3.05) is 0 Å². The molecule has 7 heteroatoms. The molecule has 4 rings (SSSR count). The summed E-state index contributed by atoms with van der Waals surface area (Å²) in [7, 11) is 0. The zero-order valence-electron chi connectivity index (χ0n) is 17.5. The number of aliphatic hydroxyl groups excluding tert-OH is 1. The highest BCUT2D eigenvalue weighted by Crippen LogP contribution is 2.39. The van der Waals surface area contributed by atoms with Crippen LogP contribution in [0.5, 0.6) is 0 Å². The van der Waals surface area contributed by atoms with Crippen molar-refractivity contribution in [1.29, 1.82) is 0 Å². The van der Waals surface area contributed by atoms with Gasteiger partial charge in [-0.05, 0) is 34.9 Å². The van der Waals surface area contributed by atoms with Gasteiger partial charge in [-0.3, -0.25) is 19.7 Å². The standard InChI is InChI=1S/C26H20N2O5/c29-22(16-11-18-7-3-1-4-8-18)23-24(20-12-14-21(15-13-20)28(32)33)27(26(31)25(23)30)17-19-9-5-2-6-10-19/h1-16,24,30H,17H2. The van der Waals surface area contributed by atoms with Gasteiger partial charge in [0.25, 0.3) is 11.6 Å². The molecule has 1 aliphatic rings. The maximum Gasteiger partial charge on any atom is 0.290 e. The first-order valence-electron chi connectivity index (χ1n) is 10.3. The van der Waals surface area contributed by atoms with E-state index in [0.717, 1.165) is 11.1 Å². The van der Waals surface area contributed by atoms with E-state index >= 15 is 0 Å². The lowest BCUT2D eigenvalue weighted by Crippen LogP contribution is -2.30. The Kier molecular flexibility index (Phi) is 6.13. The van der Waals surface area contributed by atoms with E-state index in [-0.39, 0.29) is 17.8 Å². The van der Waals surface area contributed by atoms with Gasteiger partial charge < -0.3 is 10.0 Å². The third-order valence-corrected chi connectivity index (χ3v) is 5.41. The predicted molar refractivity (Wildman–Crippen MR) is 123 cm³/mol. The van der Waals surface area contributed by atoms with Crippen molar-refractivity contribution in [1.82, 2.24) is 4.90 Å². The van der Waals surface area contributed by atoms with Gasteiger partial charge in [0, 0.05) is 18.7 Å². The Morgan fingerprint density at radius 2 is 1.58 bits per heavy atom. The maximum absolute atomic E-state index is 13.1. The third-order valence-electron chi connectivity index (χ3n) is 5.41. The fraction of sp³-hybridized carbons (Fsp3) is 0.0769. The van der Waals surface area contributed by atoms with E-state index in [2.05, 4.69) is 0 Å². The number of amides is 1. The summed E-state index contributed by atoms with van der Waals surface area (Å²) in [5.41, 5.74) is 1.94. The van der Waals surface area contributed by atoms with Crippen LogP contribution in [-0.4, -0.2) is 26.6 Å². The van der Waals surface area contributed by atoms with Gasteiger partial charge in [0.05, 0.1) is 16.5 Å². The summed E-state index contributed by atoms with van der Waals surface area (Å²) in [6.07, 6.45) is 2.93. The lowest BCUT2D eigenvalue weighted by molar-refractivity contribution is -0.384. The number of nitro groups is 1. The maximum atomic E-state index is 13.1. The molecule has 0 bridgehead atoms. The van der Waals surface area contributed by atoms with Crippen molar-refractivity contribution in [3.8, 4) is 0 Å². The van der Waals surface area contributed by atoms with E-state index in [4.69, 9.17) is 0 Å². The number of aliphatic hydroxyl groups is 1. The van der Waals surface area contributed by atoms with Crippen molar-refractivity contribution in [3.63, 3.8) is 0 Å². The van der Waals surface area contributed by atoms with E-state index in [1.165, 1.54) is 35.2 Å². The molecule has 164 valence electrons. The minimum Gasteiger partial charge on any atom is -0.503 e. The fourth-order valence-electron chi connectivity index (χ4n) is 3.80. The summed E-state index contributed by atoms with van der Waals surface area (Å²) in [6, 6.07) is 23.1. The van der Waals surface area contributed by atoms with Gasteiger partial charge in [0.2, 0.25) is 0 Å². The van der Waals surface area contributed by atoms with E-state index in [1.54, 1.807) is 6.08 Å². The van der Waals surface area contributed by atoms with Gasteiger partial charge in [0.1, 0.15) is 0 Å². The summed E-state index contributed by atoms with van der Waals surface area (Å²) in [6.45, 7) is 0.157. The monoisotopic (exact) mass is 440 g/mol. The minimum atomic E-state index is -0.883. The van der Waals surface area contributed by atoms with Crippen molar-refractivity contribution < 1.29 is 19.6 Å². The molecule has 0 fully saturated rings. The number of carbonyl (C=O) groups excluding carboxylic acids is 2. The molecule has 7 nitrogen and oxygen atoms in total. The summed E-state index contributed by atoms with van der Waals surface area (Å²) >= 11 is 0. The number of nitro benzene ring substituents is 1. The number of non-ortho nitro benzene ring substituents is 1. The first kappa shape index (κ1) is 21.7. The summed E-state index contributed by atoms with van der Waals surface area (Å²) in [5.74, 6) is -1.79. The molecule has 0 spiro atoms. The van der Waals surface area contributed by atoms with Crippen molar-refractivity contribution in [3.05, 3.63) is 129 Å². The smallest absolute Gasteiger partial charge is 0.290 e. The van der Waals surface area contributed by atoms with Gasteiger partial charge in [-0.25, -0.2) is 0 Å². The third kappa shape index (κ3) is 4.57. The SMILES string of the molecule is O=C(C=Cc1ccccc1)C1=C(O)C(=O)N(Cc2ccccc2)C1c1ccc([N+](=O)[O-])cc1. The lowest BCUT2D eigenvalue weighted by atomic mass is 9.95. The molecule has 0 saturated carbocycles. The Morgan fingerprint density at radius 3 is 2.18 bits per heavy atom. The number of nitrogens with zero attached hydrogens (tertiary/aromatic N) is 2. The normalized spacial score (nSPS) is 15.9. The molecule has 0 saturated heterocycles. The van der Waals surface area contributed by atoms with Crippen LogP contribution in [0.15, 0.2) is 102 Å². The van der Waals surface area contributed by atoms with Gasteiger partial charge in [-0.15, -0.1) is 0 Å². The first-order valence-corrected chi connectivity index (χ1v) is 10.3. The van der Waals surface area contributed by atoms with Crippen LogP contribution >= 0.6 is 0 Å². The molecule has 1 atom stereocenters. The largest absolute Gasteiger partial charge is 0.503 e. The highest BCUT2D eigenvalue weighted by molar-refractivity contribution is 6.14. The van der Waals surface area contributed by atoms with Crippen LogP contribution in [0, 0.1) is 10.1 Å². The molecule has 1 unspecified atom stereocenters. The van der Waals surface area contributed by atoms with E-state index < -0.39 is 28.4 Å². The molecule has 1 amide bonds. The van der Waals surface area contributed by atoms with Crippen molar-refractivity contribution in [2.45, 2.75) is 12.6 Å². The molecule has 0 aromatic heterocycles. The van der Waals surface area contributed by atoms with Crippen LogP contribution in [0.4, 0.5) is 5.69 Å². The number of carbonyl (C=O) groups is 2. The molecule has 0 radical (unpaired) electrons. The molecular formula is C26H20N2O5. The summed E-state index contributed by atoms with van der Waals surface area (Å²) in [4.78, 5) is 38.1. The Labute approximate surface area is 190 Å². The molecule has 33 heavy (non-hydrogen) atoms. The van der Waals surface area contributed by atoms with Crippen molar-refractivity contribution >= 4 is 23.5 Å². The summed E-state index contributed by atoms with van der Waals surface area (Å²) in [5, 5.41) is 21.7. The zero-order chi connectivity index (χ0) is 23.4. The molecule has 1 N–H and O–H groups in total.